The van der Waals surface area contributed by atoms with Gasteiger partial charge in [-0.2, -0.15) is 0 Å². The number of carbonyl (C=O) groups is 1. The van der Waals surface area contributed by atoms with Gasteiger partial charge in [-0.15, -0.1) is 0 Å². The summed E-state index contributed by atoms with van der Waals surface area (Å²) in [7, 11) is 0. The molecule has 0 unspecified atom stereocenters. The van der Waals surface area contributed by atoms with Crippen molar-refractivity contribution in [1.82, 2.24) is 5.32 Å². The Kier molecular flexibility index (Phi) is 4.41. The molecule has 0 fully saturated rings. The average Bonchev–Trinajstić information content (AvgIpc) is 2.81. The van der Waals surface area contributed by atoms with Gasteiger partial charge in [0.25, 0.3) is 0 Å². The van der Waals surface area contributed by atoms with E-state index < -0.39 is 0 Å². The highest BCUT2D eigenvalue weighted by Gasteiger charge is 2.22. The summed E-state index contributed by atoms with van der Waals surface area (Å²) in [6.45, 7) is 7.88. The molecule has 1 aromatic rings. The molecule has 1 aliphatic rings. The van der Waals surface area contributed by atoms with Crippen LogP contribution in [0.1, 0.15) is 50.3 Å². The van der Waals surface area contributed by atoms with Crippen molar-refractivity contribution >= 4 is 5.78 Å². The van der Waals surface area contributed by atoms with Crippen molar-refractivity contribution in [3.63, 3.8) is 0 Å². The minimum Gasteiger partial charge on any atom is -0.315 e. The van der Waals surface area contributed by atoms with E-state index in [1.54, 1.807) is 6.92 Å². The van der Waals surface area contributed by atoms with Crippen LogP contribution in [-0.4, -0.2) is 18.9 Å². The second-order valence-corrected chi connectivity index (χ2v) is 6.35. The van der Waals surface area contributed by atoms with E-state index in [1.165, 1.54) is 36.0 Å². The number of rotatable bonds is 6. The normalized spacial score (nSPS) is 14.5. The van der Waals surface area contributed by atoms with Crippen LogP contribution in [0.25, 0.3) is 0 Å². The molecular formula is C17H25NO. The van der Waals surface area contributed by atoms with Gasteiger partial charge in [0, 0.05) is 24.9 Å². The fourth-order valence-corrected chi connectivity index (χ4v) is 2.76. The number of ketones is 1. The van der Waals surface area contributed by atoms with Gasteiger partial charge in [0.05, 0.1) is 0 Å². The summed E-state index contributed by atoms with van der Waals surface area (Å²) >= 11 is 0. The molecule has 0 aliphatic heterocycles. The van der Waals surface area contributed by atoms with Crippen LogP contribution < -0.4 is 5.32 Å². The third-order valence-electron chi connectivity index (χ3n) is 4.10. The van der Waals surface area contributed by atoms with Crippen LogP contribution in [0.5, 0.6) is 0 Å². The van der Waals surface area contributed by atoms with E-state index in [0.29, 0.717) is 6.42 Å². The maximum atomic E-state index is 10.9. The highest BCUT2D eigenvalue weighted by atomic mass is 16.1. The first kappa shape index (κ1) is 14.3. The monoisotopic (exact) mass is 259 g/mol. The maximum absolute atomic E-state index is 10.9. The Hall–Kier alpha value is -1.15. The molecule has 2 nitrogen and oxygen atoms in total. The van der Waals surface area contributed by atoms with Gasteiger partial charge in [0.15, 0.2) is 0 Å². The quantitative estimate of drug-likeness (QED) is 0.796. The second kappa shape index (κ2) is 5.87. The molecule has 104 valence electrons. The third-order valence-corrected chi connectivity index (χ3v) is 4.10. The van der Waals surface area contributed by atoms with Crippen molar-refractivity contribution in [3.8, 4) is 0 Å². The molecule has 0 saturated heterocycles. The van der Waals surface area contributed by atoms with Crippen LogP contribution in [0.15, 0.2) is 18.2 Å². The Balaban J connectivity index is 1.96. The van der Waals surface area contributed by atoms with Gasteiger partial charge in [-0.25, -0.2) is 0 Å². The Morgan fingerprint density at radius 3 is 2.74 bits per heavy atom. The molecule has 0 spiro atoms. The van der Waals surface area contributed by atoms with Crippen molar-refractivity contribution in [3.05, 3.63) is 34.9 Å². The summed E-state index contributed by atoms with van der Waals surface area (Å²) in [5.41, 5.74) is 4.59. The van der Waals surface area contributed by atoms with Gasteiger partial charge >= 0.3 is 0 Å². The van der Waals surface area contributed by atoms with Crippen molar-refractivity contribution in [1.29, 1.82) is 0 Å². The van der Waals surface area contributed by atoms with Gasteiger partial charge < -0.3 is 5.32 Å². The van der Waals surface area contributed by atoms with Gasteiger partial charge in [0.1, 0.15) is 5.78 Å². The van der Waals surface area contributed by atoms with Crippen molar-refractivity contribution in [2.24, 2.45) is 0 Å². The number of carbonyl (C=O) groups excluding carboxylic acids is 1. The molecule has 1 aliphatic carbocycles. The molecule has 2 rings (SSSR count). The van der Waals surface area contributed by atoms with Crippen molar-refractivity contribution in [2.75, 3.05) is 13.1 Å². The van der Waals surface area contributed by atoms with E-state index in [4.69, 9.17) is 0 Å². The number of benzene rings is 1. The molecular weight excluding hydrogens is 234 g/mol. The zero-order valence-corrected chi connectivity index (χ0v) is 12.4. The number of nitrogens with one attached hydrogen (secondary N) is 1. The summed E-state index contributed by atoms with van der Waals surface area (Å²) in [6.07, 6.45) is 4.40. The van der Waals surface area contributed by atoms with Gasteiger partial charge in [-0.1, -0.05) is 32.0 Å². The Bertz CT molecular complexity index is 462. The largest absolute Gasteiger partial charge is 0.315 e. The fraction of sp³-hybridized carbons (Fsp3) is 0.588. The zero-order valence-electron chi connectivity index (χ0n) is 12.4. The summed E-state index contributed by atoms with van der Waals surface area (Å²) in [4.78, 5) is 10.9. The van der Waals surface area contributed by atoms with Crippen molar-refractivity contribution < 1.29 is 4.79 Å². The smallest absolute Gasteiger partial charge is 0.131 e. The van der Waals surface area contributed by atoms with E-state index in [1.807, 2.05) is 0 Å². The van der Waals surface area contributed by atoms with Crippen LogP contribution >= 0.6 is 0 Å². The summed E-state index contributed by atoms with van der Waals surface area (Å²) in [5.74, 6) is 0.253. The topological polar surface area (TPSA) is 29.1 Å². The first-order valence-electron chi connectivity index (χ1n) is 7.31. The SMILES string of the molecule is CC(=O)CCNCC(C)(C)c1ccc2c(c1)CCC2. The van der Waals surface area contributed by atoms with Crippen LogP contribution in [-0.2, 0) is 23.1 Å². The third kappa shape index (κ3) is 3.66. The minimum atomic E-state index is 0.119. The number of fused-ring (bicyclic) bond motifs is 1. The van der Waals surface area contributed by atoms with Gasteiger partial charge in [0.2, 0.25) is 0 Å². The molecule has 0 amide bonds. The number of Topliss-reactive ketones (excluding diaryl/α,β-unsaturated/α-hetero) is 1. The summed E-state index contributed by atoms with van der Waals surface area (Å²) < 4.78 is 0. The lowest BCUT2D eigenvalue weighted by molar-refractivity contribution is -0.116. The first-order valence-corrected chi connectivity index (χ1v) is 7.31. The molecule has 0 radical (unpaired) electrons. The van der Waals surface area contributed by atoms with Crippen LogP contribution in [0.4, 0.5) is 0 Å². The predicted octanol–water partition coefficient (Wildman–Crippen LogP) is 3.02. The number of aryl methyl sites for hydroxylation is 2. The van der Waals surface area contributed by atoms with E-state index >= 15 is 0 Å². The van der Waals surface area contributed by atoms with E-state index in [-0.39, 0.29) is 11.2 Å². The van der Waals surface area contributed by atoms with E-state index in [2.05, 4.69) is 37.4 Å². The molecule has 0 aromatic heterocycles. The summed E-state index contributed by atoms with van der Waals surface area (Å²) in [5, 5.41) is 3.40. The lowest BCUT2D eigenvalue weighted by atomic mass is 9.83. The molecule has 19 heavy (non-hydrogen) atoms. The first-order chi connectivity index (χ1) is 8.99. The Morgan fingerprint density at radius 1 is 1.26 bits per heavy atom. The van der Waals surface area contributed by atoms with Gasteiger partial charge in [-0.3, -0.25) is 4.79 Å². The number of hydrogen-bond donors (Lipinski definition) is 1. The molecule has 2 heteroatoms. The van der Waals surface area contributed by atoms with E-state index in [0.717, 1.165) is 13.1 Å². The van der Waals surface area contributed by atoms with Crippen molar-refractivity contribution in [2.45, 2.75) is 51.9 Å². The van der Waals surface area contributed by atoms with E-state index in [9.17, 15) is 4.79 Å². The standard InChI is InChI=1S/C17H25NO/c1-13(19)9-10-18-12-17(2,3)16-8-7-14-5-4-6-15(14)11-16/h7-8,11,18H,4-6,9-10,12H2,1-3H3. The molecule has 0 bridgehead atoms. The second-order valence-electron chi connectivity index (χ2n) is 6.35. The Labute approximate surface area is 116 Å². The molecule has 0 heterocycles. The van der Waals surface area contributed by atoms with Crippen LogP contribution in [0.3, 0.4) is 0 Å². The lowest BCUT2D eigenvalue weighted by Crippen LogP contribution is -2.34. The highest BCUT2D eigenvalue weighted by molar-refractivity contribution is 5.75. The fourth-order valence-electron chi connectivity index (χ4n) is 2.76. The highest BCUT2D eigenvalue weighted by Crippen LogP contribution is 2.29. The average molecular weight is 259 g/mol. The zero-order chi connectivity index (χ0) is 13.9. The summed E-state index contributed by atoms with van der Waals surface area (Å²) in [6, 6.07) is 6.96. The minimum absolute atomic E-state index is 0.119. The lowest BCUT2D eigenvalue weighted by Gasteiger charge is -2.26. The predicted molar refractivity (Wildman–Crippen MR) is 79.7 cm³/mol. The Morgan fingerprint density at radius 2 is 2.00 bits per heavy atom. The van der Waals surface area contributed by atoms with Crippen LogP contribution in [0.2, 0.25) is 0 Å². The van der Waals surface area contributed by atoms with Crippen LogP contribution in [0, 0.1) is 0 Å². The maximum Gasteiger partial charge on any atom is 0.131 e. The van der Waals surface area contributed by atoms with Gasteiger partial charge in [-0.05, 0) is 42.9 Å². The number of hydrogen-bond acceptors (Lipinski definition) is 2. The molecule has 0 atom stereocenters. The molecule has 0 saturated carbocycles. The molecule has 1 aromatic carbocycles. The molecule has 1 N–H and O–H groups in total.